The Bertz CT molecular complexity index is 995. The van der Waals surface area contributed by atoms with Gasteiger partial charge in [-0.1, -0.05) is 141 Å². The standard InChI is InChI=1S/C41H77O12P/c1-3-5-7-9-11-13-15-16-17-18-19-20-21-23-25-27-29-31-50-32-34(52-35(42)30-28-26-24-22-14-12-10-8-6-4-2)33-51-54(48,49)53-41-39(46)37(44)36(43)38(45)40(41)47/h13,15,17-18,34,36-41,43-47H,3-12,14,16,19-33H2,1-2H3,(H,48,49)/b15-13-,18-17-. The van der Waals surface area contributed by atoms with Crippen LogP contribution in [0.25, 0.3) is 0 Å². The summed E-state index contributed by atoms with van der Waals surface area (Å²) in [6, 6.07) is 0. The first-order valence-corrected chi connectivity index (χ1v) is 22.7. The number of allylic oxidation sites excluding steroid dienone is 4. The van der Waals surface area contributed by atoms with Crippen LogP contribution in [0.4, 0.5) is 0 Å². The Morgan fingerprint density at radius 2 is 1.04 bits per heavy atom. The molecule has 6 N–H and O–H groups in total. The summed E-state index contributed by atoms with van der Waals surface area (Å²) >= 11 is 0. The van der Waals surface area contributed by atoms with Crippen LogP contribution in [0.1, 0.15) is 168 Å². The van der Waals surface area contributed by atoms with Gasteiger partial charge < -0.3 is 39.9 Å². The van der Waals surface area contributed by atoms with Gasteiger partial charge in [-0.05, 0) is 44.9 Å². The summed E-state index contributed by atoms with van der Waals surface area (Å²) < 4.78 is 34.0. The zero-order valence-electron chi connectivity index (χ0n) is 33.5. The SMILES string of the molecule is CCCCCC/C=C\C/C=C\CCCCCCCCOCC(COP(=O)(O)OC1C(O)C(O)C(O)C(O)C1O)OC(=O)CCCCCCCCCCCC. The molecule has 0 radical (unpaired) electrons. The highest BCUT2D eigenvalue weighted by atomic mass is 31.2. The van der Waals surface area contributed by atoms with Crippen LogP contribution in [-0.4, -0.2) is 98.9 Å². The van der Waals surface area contributed by atoms with E-state index in [-0.39, 0.29) is 13.0 Å². The van der Waals surface area contributed by atoms with Gasteiger partial charge in [0.15, 0.2) is 0 Å². The number of unbranched alkanes of at least 4 members (excludes halogenated alkanes) is 19. The molecule has 0 amide bonds. The van der Waals surface area contributed by atoms with Crippen LogP contribution in [0, 0.1) is 0 Å². The Morgan fingerprint density at radius 3 is 1.57 bits per heavy atom. The van der Waals surface area contributed by atoms with Crippen LogP contribution in [0.5, 0.6) is 0 Å². The van der Waals surface area contributed by atoms with Crippen LogP contribution in [0.2, 0.25) is 0 Å². The predicted molar refractivity (Wildman–Crippen MR) is 212 cm³/mol. The number of phosphoric acid groups is 1. The van der Waals surface area contributed by atoms with E-state index in [4.69, 9.17) is 18.5 Å². The van der Waals surface area contributed by atoms with Crippen molar-refractivity contribution < 1.29 is 58.3 Å². The molecule has 1 saturated carbocycles. The number of ether oxygens (including phenoxy) is 2. The van der Waals surface area contributed by atoms with Gasteiger partial charge in [0.25, 0.3) is 0 Å². The largest absolute Gasteiger partial charge is 0.472 e. The van der Waals surface area contributed by atoms with Crippen molar-refractivity contribution in [2.75, 3.05) is 19.8 Å². The van der Waals surface area contributed by atoms with Crippen LogP contribution >= 0.6 is 7.82 Å². The van der Waals surface area contributed by atoms with E-state index in [1.807, 2.05) is 0 Å². The van der Waals surface area contributed by atoms with Crippen LogP contribution in [-0.2, 0) is 27.9 Å². The minimum atomic E-state index is -5.01. The maximum absolute atomic E-state index is 12.8. The smallest absolute Gasteiger partial charge is 0.457 e. The monoisotopic (exact) mass is 793 g/mol. The number of hydrogen-bond donors (Lipinski definition) is 6. The molecule has 318 valence electrons. The first-order chi connectivity index (χ1) is 26.0. The fourth-order valence-electron chi connectivity index (χ4n) is 6.38. The fourth-order valence-corrected chi connectivity index (χ4v) is 7.36. The maximum Gasteiger partial charge on any atom is 0.472 e. The normalized spacial score (nSPS) is 23.6. The number of hydrogen-bond acceptors (Lipinski definition) is 11. The first kappa shape index (κ1) is 50.8. The van der Waals surface area contributed by atoms with E-state index in [1.54, 1.807) is 0 Å². The number of aliphatic hydroxyl groups excluding tert-OH is 5. The zero-order valence-corrected chi connectivity index (χ0v) is 34.4. The molecule has 6 unspecified atom stereocenters. The average molecular weight is 793 g/mol. The molecule has 1 aliphatic carbocycles. The highest BCUT2D eigenvalue weighted by molar-refractivity contribution is 7.47. The van der Waals surface area contributed by atoms with Gasteiger partial charge in [0.05, 0.1) is 13.2 Å². The fraction of sp³-hybridized carbons (Fsp3) is 0.878. The molecular formula is C41H77O12P. The van der Waals surface area contributed by atoms with Crippen molar-refractivity contribution in [3.63, 3.8) is 0 Å². The molecule has 0 aromatic carbocycles. The molecule has 12 nitrogen and oxygen atoms in total. The van der Waals surface area contributed by atoms with Crippen molar-refractivity contribution in [2.24, 2.45) is 0 Å². The Labute approximate surface area is 326 Å². The lowest BCUT2D eigenvalue weighted by molar-refractivity contribution is -0.220. The number of rotatable bonds is 35. The molecule has 13 heteroatoms. The van der Waals surface area contributed by atoms with Crippen LogP contribution < -0.4 is 0 Å². The summed E-state index contributed by atoms with van der Waals surface area (Å²) in [6.07, 6.45) is 22.6. The summed E-state index contributed by atoms with van der Waals surface area (Å²) in [5.74, 6) is -0.483. The van der Waals surface area contributed by atoms with Crippen molar-refractivity contribution in [3.05, 3.63) is 24.3 Å². The Balaban J connectivity index is 2.42. The third-order valence-electron chi connectivity index (χ3n) is 9.83. The van der Waals surface area contributed by atoms with Gasteiger partial charge in [-0.25, -0.2) is 4.57 Å². The Kier molecular flexibility index (Phi) is 30.9. The molecule has 0 aliphatic heterocycles. The molecule has 0 spiro atoms. The van der Waals surface area contributed by atoms with E-state index in [0.29, 0.717) is 13.0 Å². The summed E-state index contributed by atoms with van der Waals surface area (Å²) in [7, 11) is -5.01. The molecular weight excluding hydrogens is 715 g/mol. The van der Waals surface area contributed by atoms with Crippen LogP contribution in [0.3, 0.4) is 0 Å². The van der Waals surface area contributed by atoms with Gasteiger partial charge in [-0.3, -0.25) is 13.8 Å². The third kappa shape index (κ3) is 25.1. The number of carbonyl (C=O) groups excluding carboxylic acids is 1. The lowest BCUT2D eigenvalue weighted by Gasteiger charge is -2.41. The van der Waals surface area contributed by atoms with Gasteiger partial charge in [0, 0.05) is 13.0 Å². The second kappa shape index (κ2) is 32.9. The van der Waals surface area contributed by atoms with E-state index in [1.165, 1.54) is 83.5 Å². The third-order valence-corrected chi connectivity index (χ3v) is 10.8. The molecule has 0 aromatic rings. The molecule has 0 bridgehead atoms. The average Bonchev–Trinajstić information content (AvgIpc) is 3.15. The Morgan fingerprint density at radius 1 is 0.593 bits per heavy atom. The first-order valence-electron chi connectivity index (χ1n) is 21.2. The van der Waals surface area contributed by atoms with Gasteiger partial charge >= 0.3 is 13.8 Å². The van der Waals surface area contributed by atoms with Gasteiger partial charge in [-0.15, -0.1) is 0 Å². The molecule has 1 rings (SSSR count). The lowest BCUT2D eigenvalue weighted by atomic mass is 9.85. The minimum absolute atomic E-state index is 0.0809. The topological polar surface area (TPSA) is 192 Å². The molecule has 54 heavy (non-hydrogen) atoms. The molecule has 1 aliphatic rings. The van der Waals surface area contributed by atoms with Crippen molar-refractivity contribution in [1.82, 2.24) is 0 Å². The van der Waals surface area contributed by atoms with Crippen molar-refractivity contribution in [1.29, 1.82) is 0 Å². The molecule has 6 atom stereocenters. The van der Waals surface area contributed by atoms with E-state index >= 15 is 0 Å². The van der Waals surface area contributed by atoms with E-state index in [2.05, 4.69) is 38.2 Å². The van der Waals surface area contributed by atoms with Gasteiger partial charge in [-0.2, -0.15) is 0 Å². The summed E-state index contributed by atoms with van der Waals surface area (Å²) in [4.78, 5) is 23.0. The lowest BCUT2D eigenvalue weighted by Crippen LogP contribution is -2.64. The van der Waals surface area contributed by atoms with Crippen LogP contribution in [0.15, 0.2) is 24.3 Å². The second-order valence-electron chi connectivity index (χ2n) is 14.8. The number of carbonyl (C=O) groups is 1. The highest BCUT2D eigenvalue weighted by Crippen LogP contribution is 2.47. The quantitative estimate of drug-likeness (QED) is 0.0159. The van der Waals surface area contributed by atoms with Gasteiger partial charge in [0.2, 0.25) is 0 Å². The molecule has 0 saturated heterocycles. The second-order valence-corrected chi connectivity index (χ2v) is 16.3. The maximum atomic E-state index is 12.8. The van der Waals surface area contributed by atoms with E-state index in [9.17, 15) is 39.8 Å². The summed E-state index contributed by atoms with van der Waals surface area (Å²) in [5.41, 5.74) is 0. The number of esters is 1. The van der Waals surface area contributed by atoms with E-state index < -0.39 is 63.1 Å². The highest BCUT2D eigenvalue weighted by Gasteiger charge is 2.51. The zero-order chi connectivity index (χ0) is 39.9. The molecule has 1 fully saturated rings. The number of aliphatic hydroxyl groups is 5. The van der Waals surface area contributed by atoms with E-state index in [0.717, 1.165) is 57.8 Å². The summed E-state index contributed by atoms with van der Waals surface area (Å²) in [6.45, 7) is 4.19. The van der Waals surface area contributed by atoms with Crippen molar-refractivity contribution >= 4 is 13.8 Å². The van der Waals surface area contributed by atoms with Gasteiger partial charge in [0.1, 0.15) is 42.7 Å². The van der Waals surface area contributed by atoms with Crippen molar-refractivity contribution in [3.8, 4) is 0 Å². The Hall–Kier alpha value is -1.18. The predicted octanol–water partition coefficient (Wildman–Crippen LogP) is 7.75. The molecule has 0 aromatic heterocycles. The molecule has 0 heterocycles. The van der Waals surface area contributed by atoms with Crippen molar-refractivity contribution in [2.45, 2.75) is 211 Å². The summed E-state index contributed by atoms with van der Waals surface area (Å²) in [5, 5.41) is 50.0. The minimum Gasteiger partial charge on any atom is -0.457 e. The number of phosphoric ester groups is 1.